The number of hydrogen-bond donors (Lipinski definition) is 4. The molecule has 0 spiro atoms. The van der Waals surface area contributed by atoms with Crippen molar-refractivity contribution in [2.45, 2.75) is 0 Å². The quantitative estimate of drug-likeness (QED) is 0.419. The van der Waals surface area contributed by atoms with E-state index in [1.54, 1.807) is 54.6 Å². The van der Waals surface area contributed by atoms with Gasteiger partial charge in [-0.15, -0.1) is 0 Å². The van der Waals surface area contributed by atoms with Crippen LogP contribution in [0.1, 0.15) is 10.4 Å². The zero-order chi connectivity index (χ0) is 23.6. The Kier molecular flexibility index (Phi) is 7.85. The Bertz CT molecular complexity index is 1120. The highest BCUT2D eigenvalue weighted by atomic mass is 16.5. The normalized spacial score (nSPS) is 10.0. The minimum Gasteiger partial charge on any atom is -0.494 e. The number of para-hydroxylation sites is 1. The molecular weight excluding hydrogens is 424 g/mol. The lowest BCUT2D eigenvalue weighted by Gasteiger charge is -2.16. The van der Waals surface area contributed by atoms with Gasteiger partial charge in [0.2, 0.25) is 5.91 Å². The molecule has 0 bridgehead atoms. The smallest absolute Gasteiger partial charge is 0.319 e. The van der Waals surface area contributed by atoms with Crippen molar-refractivity contribution < 1.29 is 23.9 Å². The monoisotopic (exact) mass is 448 g/mol. The second-order valence-corrected chi connectivity index (χ2v) is 6.79. The fourth-order valence-corrected chi connectivity index (χ4v) is 2.93. The maximum absolute atomic E-state index is 12.5. The van der Waals surface area contributed by atoms with Crippen LogP contribution in [0.4, 0.5) is 21.9 Å². The minimum absolute atomic E-state index is 0.267. The molecule has 9 nitrogen and oxygen atoms in total. The van der Waals surface area contributed by atoms with Crippen LogP contribution in [0.15, 0.2) is 72.8 Å². The molecule has 0 heterocycles. The van der Waals surface area contributed by atoms with E-state index in [0.29, 0.717) is 34.1 Å². The summed E-state index contributed by atoms with van der Waals surface area (Å²) in [7, 11) is 2.88. The van der Waals surface area contributed by atoms with E-state index in [0.717, 1.165) is 0 Å². The summed E-state index contributed by atoms with van der Waals surface area (Å²) >= 11 is 0. The van der Waals surface area contributed by atoms with Crippen LogP contribution in [0.5, 0.6) is 11.5 Å². The number of ether oxygens (including phenoxy) is 2. The van der Waals surface area contributed by atoms with Gasteiger partial charge in [-0.1, -0.05) is 36.4 Å². The Hall–Kier alpha value is -4.53. The number of nitrogens with one attached hydrogen (secondary N) is 4. The SMILES string of the molecule is COc1cc(NC(=O)c2ccccc2)c(OC)cc1NC(=O)CNC(=O)Nc1ccccc1. The molecule has 33 heavy (non-hydrogen) atoms. The summed E-state index contributed by atoms with van der Waals surface area (Å²) < 4.78 is 10.7. The van der Waals surface area contributed by atoms with E-state index < -0.39 is 11.9 Å². The lowest BCUT2D eigenvalue weighted by molar-refractivity contribution is -0.115. The Labute approximate surface area is 191 Å². The minimum atomic E-state index is -0.514. The number of anilines is 3. The molecule has 3 rings (SSSR count). The molecule has 170 valence electrons. The molecule has 0 aromatic heterocycles. The fourth-order valence-electron chi connectivity index (χ4n) is 2.93. The van der Waals surface area contributed by atoms with Crippen LogP contribution in [0.3, 0.4) is 0 Å². The largest absolute Gasteiger partial charge is 0.494 e. The highest BCUT2D eigenvalue weighted by Crippen LogP contribution is 2.36. The van der Waals surface area contributed by atoms with Gasteiger partial charge < -0.3 is 30.7 Å². The molecule has 0 unspecified atom stereocenters. The van der Waals surface area contributed by atoms with E-state index in [9.17, 15) is 14.4 Å². The van der Waals surface area contributed by atoms with Gasteiger partial charge in [-0.25, -0.2) is 4.79 Å². The van der Waals surface area contributed by atoms with Crippen LogP contribution < -0.4 is 30.7 Å². The number of hydrogen-bond acceptors (Lipinski definition) is 5. The van der Waals surface area contributed by atoms with Gasteiger partial charge in [-0.3, -0.25) is 9.59 Å². The predicted molar refractivity (Wildman–Crippen MR) is 126 cm³/mol. The molecule has 0 aliphatic heterocycles. The molecule has 0 saturated carbocycles. The molecule has 3 aromatic rings. The van der Waals surface area contributed by atoms with Gasteiger partial charge in [-0.05, 0) is 24.3 Å². The summed E-state index contributed by atoms with van der Waals surface area (Å²) in [5.41, 5.74) is 1.79. The second-order valence-electron chi connectivity index (χ2n) is 6.79. The van der Waals surface area contributed by atoms with E-state index in [-0.39, 0.29) is 12.5 Å². The summed E-state index contributed by atoms with van der Waals surface area (Å²) in [5.74, 6) is -0.160. The first kappa shape index (κ1) is 23.1. The highest BCUT2D eigenvalue weighted by molar-refractivity contribution is 6.06. The first-order chi connectivity index (χ1) is 16.0. The van der Waals surface area contributed by atoms with E-state index in [4.69, 9.17) is 9.47 Å². The topological polar surface area (TPSA) is 118 Å². The Morgan fingerprint density at radius 2 is 1.27 bits per heavy atom. The van der Waals surface area contributed by atoms with Gasteiger partial charge >= 0.3 is 6.03 Å². The summed E-state index contributed by atoms with van der Waals surface area (Å²) in [6.45, 7) is -0.267. The molecule has 0 saturated heterocycles. The van der Waals surface area contributed by atoms with Crippen LogP contribution in [0, 0.1) is 0 Å². The van der Waals surface area contributed by atoms with Crippen LogP contribution in [0.2, 0.25) is 0 Å². The molecule has 3 aromatic carbocycles. The Morgan fingerprint density at radius 1 is 0.727 bits per heavy atom. The number of urea groups is 1. The predicted octanol–water partition coefficient (Wildman–Crippen LogP) is 3.72. The molecule has 4 N–H and O–H groups in total. The molecule has 4 amide bonds. The first-order valence-corrected chi connectivity index (χ1v) is 10.0. The summed E-state index contributed by atoms with van der Waals surface area (Å²) in [6.07, 6.45) is 0. The lowest BCUT2D eigenvalue weighted by atomic mass is 10.2. The number of amides is 4. The van der Waals surface area contributed by atoms with Crippen molar-refractivity contribution in [2.24, 2.45) is 0 Å². The highest BCUT2D eigenvalue weighted by Gasteiger charge is 2.16. The molecule has 0 radical (unpaired) electrons. The van der Waals surface area contributed by atoms with E-state index in [1.165, 1.54) is 20.3 Å². The average Bonchev–Trinajstić information content (AvgIpc) is 2.84. The van der Waals surface area contributed by atoms with Gasteiger partial charge in [0.15, 0.2) is 0 Å². The van der Waals surface area contributed by atoms with E-state index >= 15 is 0 Å². The molecule has 0 fully saturated rings. The summed E-state index contributed by atoms with van der Waals surface area (Å²) in [4.78, 5) is 36.8. The molecule has 0 aliphatic carbocycles. The van der Waals surface area contributed by atoms with Crippen LogP contribution >= 0.6 is 0 Å². The van der Waals surface area contributed by atoms with Crippen molar-refractivity contribution in [1.82, 2.24) is 5.32 Å². The molecular formula is C24H24N4O5. The molecule has 0 aliphatic rings. The first-order valence-electron chi connectivity index (χ1n) is 10.0. The Balaban J connectivity index is 1.65. The van der Waals surface area contributed by atoms with Gasteiger partial charge in [0.05, 0.1) is 32.1 Å². The molecule has 0 atom stereocenters. The number of rotatable bonds is 8. The van der Waals surface area contributed by atoms with Crippen molar-refractivity contribution in [3.63, 3.8) is 0 Å². The maximum Gasteiger partial charge on any atom is 0.319 e. The van der Waals surface area contributed by atoms with Crippen LogP contribution in [-0.2, 0) is 4.79 Å². The van der Waals surface area contributed by atoms with Crippen molar-refractivity contribution in [2.75, 3.05) is 36.7 Å². The van der Waals surface area contributed by atoms with Crippen molar-refractivity contribution in [3.05, 3.63) is 78.4 Å². The number of benzene rings is 3. The maximum atomic E-state index is 12.5. The summed E-state index contributed by atoms with van der Waals surface area (Å²) in [6, 6.07) is 20.1. The Morgan fingerprint density at radius 3 is 1.85 bits per heavy atom. The van der Waals surface area contributed by atoms with Crippen LogP contribution in [-0.4, -0.2) is 38.6 Å². The average molecular weight is 448 g/mol. The standard InChI is InChI=1S/C24H24N4O5/c1-32-20-14-19(28-23(30)16-9-5-3-6-10-16)21(33-2)13-18(20)27-22(29)15-25-24(31)26-17-11-7-4-8-12-17/h3-14H,15H2,1-2H3,(H,27,29)(H,28,30)(H2,25,26,31). The molecule has 9 heteroatoms. The third-order valence-corrected chi connectivity index (χ3v) is 4.52. The van der Waals surface area contributed by atoms with E-state index in [2.05, 4.69) is 21.3 Å². The number of methoxy groups -OCH3 is 2. The van der Waals surface area contributed by atoms with Crippen molar-refractivity contribution >= 4 is 34.9 Å². The van der Waals surface area contributed by atoms with Crippen molar-refractivity contribution in [3.8, 4) is 11.5 Å². The number of carbonyl (C=O) groups excluding carboxylic acids is 3. The van der Waals surface area contributed by atoms with Gasteiger partial charge in [0.25, 0.3) is 5.91 Å². The zero-order valence-electron chi connectivity index (χ0n) is 18.2. The summed E-state index contributed by atoms with van der Waals surface area (Å²) in [5, 5.41) is 10.6. The van der Waals surface area contributed by atoms with Gasteiger partial charge in [0.1, 0.15) is 11.5 Å². The third kappa shape index (κ3) is 6.47. The van der Waals surface area contributed by atoms with E-state index in [1.807, 2.05) is 12.1 Å². The zero-order valence-corrected chi connectivity index (χ0v) is 18.2. The van der Waals surface area contributed by atoms with Crippen LogP contribution in [0.25, 0.3) is 0 Å². The third-order valence-electron chi connectivity index (χ3n) is 4.52. The van der Waals surface area contributed by atoms with Gasteiger partial charge in [-0.2, -0.15) is 0 Å². The lowest BCUT2D eigenvalue weighted by Crippen LogP contribution is -2.35. The van der Waals surface area contributed by atoms with Gasteiger partial charge in [0, 0.05) is 23.4 Å². The fraction of sp³-hybridized carbons (Fsp3) is 0.125. The second kappa shape index (κ2) is 11.2. The van der Waals surface area contributed by atoms with Crippen molar-refractivity contribution in [1.29, 1.82) is 0 Å². The number of carbonyl (C=O) groups is 3.